The van der Waals surface area contributed by atoms with Crippen molar-refractivity contribution in [1.29, 1.82) is 0 Å². The number of imidazole rings is 1. The normalized spacial score (nSPS) is 17.1. The summed E-state index contributed by atoms with van der Waals surface area (Å²) in [6.07, 6.45) is 3.93. The molecule has 1 aromatic carbocycles. The van der Waals surface area contributed by atoms with Crippen molar-refractivity contribution in [3.63, 3.8) is 0 Å². The van der Waals surface area contributed by atoms with Crippen molar-refractivity contribution in [2.75, 3.05) is 13.1 Å². The van der Waals surface area contributed by atoms with Gasteiger partial charge in [-0.15, -0.1) is 0 Å². The standard InChI is InChI=1S/C14H18N4O/c1-17-9-16-11-8-10(4-5-12(11)17)13(15)14(19)18-6-2-3-7-18/h4-5,8-9,13H,2-3,6-7,15H2,1H3. The zero-order chi connectivity index (χ0) is 13.4. The highest BCUT2D eigenvalue weighted by Gasteiger charge is 2.25. The van der Waals surface area contributed by atoms with Gasteiger partial charge in [0.2, 0.25) is 5.91 Å². The van der Waals surface area contributed by atoms with E-state index in [1.165, 1.54) is 0 Å². The second-order valence-electron chi connectivity index (χ2n) is 5.11. The number of amides is 1. The molecule has 3 rings (SSSR count). The molecule has 5 heteroatoms. The zero-order valence-electron chi connectivity index (χ0n) is 11.0. The smallest absolute Gasteiger partial charge is 0.244 e. The first-order chi connectivity index (χ1) is 9.16. The van der Waals surface area contributed by atoms with Crippen molar-refractivity contribution in [3.05, 3.63) is 30.1 Å². The van der Waals surface area contributed by atoms with Crippen LogP contribution in [0, 0.1) is 0 Å². The number of benzene rings is 1. The van der Waals surface area contributed by atoms with Crippen molar-refractivity contribution < 1.29 is 4.79 Å². The van der Waals surface area contributed by atoms with Gasteiger partial charge in [-0.2, -0.15) is 0 Å². The van der Waals surface area contributed by atoms with Gasteiger partial charge in [-0.3, -0.25) is 4.79 Å². The molecule has 2 heterocycles. The first-order valence-corrected chi connectivity index (χ1v) is 6.62. The molecule has 100 valence electrons. The Morgan fingerprint density at radius 1 is 1.37 bits per heavy atom. The summed E-state index contributed by atoms with van der Waals surface area (Å²) in [6.45, 7) is 1.66. The maximum Gasteiger partial charge on any atom is 0.244 e. The van der Waals surface area contributed by atoms with Gasteiger partial charge in [0.25, 0.3) is 0 Å². The van der Waals surface area contributed by atoms with Gasteiger partial charge in [0, 0.05) is 20.1 Å². The fourth-order valence-corrected chi connectivity index (χ4v) is 2.62. The molecule has 1 aromatic heterocycles. The summed E-state index contributed by atoms with van der Waals surface area (Å²) in [4.78, 5) is 18.4. The van der Waals surface area contributed by atoms with E-state index in [0.29, 0.717) is 0 Å². The lowest BCUT2D eigenvalue weighted by atomic mass is 10.1. The number of aromatic nitrogens is 2. The Morgan fingerprint density at radius 2 is 2.11 bits per heavy atom. The van der Waals surface area contributed by atoms with Crippen molar-refractivity contribution in [3.8, 4) is 0 Å². The maximum absolute atomic E-state index is 12.3. The molecule has 0 radical (unpaired) electrons. The molecule has 1 fully saturated rings. The number of carbonyl (C=O) groups excluding carboxylic acids is 1. The molecule has 1 saturated heterocycles. The molecule has 1 unspecified atom stereocenters. The number of nitrogens with two attached hydrogens (primary N) is 1. The van der Waals surface area contributed by atoms with Crippen molar-refractivity contribution in [2.24, 2.45) is 12.8 Å². The highest BCUT2D eigenvalue weighted by molar-refractivity contribution is 5.85. The minimum Gasteiger partial charge on any atom is -0.341 e. The monoisotopic (exact) mass is 258 g/mol. The Hall–Kier alpha value is -1.88. The van der Waals surface area contributed by atoms with E-state index in [1.54, 1.807) is 6.33 Å². The molecule has 0 spiro atoms. The van der Waals surface area contributed by atoms with Crippen LogP contribution in [0.2, 0.25) is 0 Å². The van der Waals surface area contributed by atoms with Gasteiger partial charge >= 0.3 is 0 Å². The van der Waals surface area contributed by atoms with Gasteiger partial charge in [-0.1, -0.05) is 6.07 Å². The number of likely N-dealkylation sites (tertiary alicyclic amines) is 1. The van der Waals surface area contributed by atoms with Crippen LogP contribution in [0.25, 0.3) is 11.0 Å². The van der Waals surface area contributed by atoms with Gasteiger partial charge < -0.3 is 15.2 Å². The van der Waals surface area contributed by atoms with Crippen LogP contribution in [-0.2, 0) is 11.8 Å². The Morgan fingerprint density at radius 3 is 2.84 bits per heavy atom. The predicted molar refractivity (Wildman–Crippen MR) is 73.5 cm³/mol. The molecule has 2 N–H and O–H groups in total. The molecule has 19 heavy (non-hydrogen) atoms. The van der Waals surface area contributed by atoms with Crippen LogP contribution in [0.3, 0.4) is 0 Å². The highest BCUT2D eigenvalue weighted by Crippen LogP contribution is 2.21. The predicted octanol–water partition coefficient (Wildman–Crippen LogP) is 1.20. The molecule has 2 aromatic rings. The molecule has 1 amide bonds. The number of hydrogen-bond donors (Lipinski definition) is 1. The van der Waals surface area contributed by atoms with Crippen LogP contribution >= 0.6 is 0 Å². The third-order valence-electron chi connectivity index (χ3n) is 3.79. The van der Waals surface area contributed by atoms with E-state index in [0.717, 1.165) is 42.5 Å². The summed E-state index contributed by atoms with van der Waals surface area (Å²) >= 11 is 0. The second kappa shape index (κ2) is 4.66. The number of nitrogens with zero attached hydrogens (tertiary/aromatic N) is 3. The summed E-state index contributed by atoms with van der Waals surface area (Å²) in [5.41, 5.74) is 8.85. The number of carbonyl (C=O) groups is 1. The molecular weight excluding hydrogens is 240 g/mol. The highest BCUT2D eigenvalue weighted by atomic mass is 16.2. The van der Waals surface area contributed by atoms with E-state index in [4.69, 9.17) is 5.73 Å². The summed E-state index contributed by atoms with van der Waals surface area (Å²) in [6, 6.07) is 5.22. The molecule has 0 saturated carbocycles. The molecular formula is C14H18N4O. The summed E-state index contributed by atoms with van der Waals surface area (Å²) in [5, 5.41) is 0. The molecule has 0 aliphatic carbocycles. The average Bonchev–Trinajstić information content (AvgIpc) is 3.07. The van der Waals surface area contributed by atoms with Gasteiger partial charge in [0.15, 0.2) is 0 Å². The minimum atomic E-state index is -0.579. The average molecular weight is 258 g/mol. The largest absolute Gasteiger partial charge is 0.341 e. The third-order valence-corrected chi connectivity index (χ3v) is 3.79. The van der Waals surface area contributed by atoms with Crippen molar-refractivity contribution in [2.45, 2.75) is 18.9 Å². The van der Waals surface area contributed by atoms with Gasteiger partial charge in [0.1, 0.15) is 6.04 Å². The van der Waals surface area contributed by atoms with Crippen LogP contribution in [0.15, 0.2) is 24.5 Å². The van der Waals surface area contributed by atoms with Crippen LogP contribution in [0.1, 0.15) is 24.4 Å². The van der Waals surface area contributed by atoms with Crippen molar-refractivity contribution >= 4 is 16.9 Å². The lowest BCUT2D eigenvalue weighted by Crippen LogP contribution is -2.36. The van der Waals surface area contributed by atoms with E-state index in [-0.39, 0.29) is 5.91 Å². The SMILES string of the molecule is Cn1cnc2cc(C(N)C(=O)N3CCCC3)ccc21. The Kier molecular flexibility index (Phi) is 2.98. The third kappa shape index (κ3) is 2.10. The topological polar surface area (TPSA) is 64.2 Å². The zero-order valence-corrected chi connectivity index (χ0v) is 11.0. The minimum absolute atomic E-state index is 0.0211. The number of aryl methyl sites for hydroxylation is 1. The Labute approximate surface area is 112 Å². The number of hydrogen-bond acceptors (Lipinski definition) is 3. The van der Waals surface area contributed by atoms with Crippen LogP contribution in [0.4, 0.5) is 0 Å². The van der Waals surface area contributed by atoms with E-state index < -0.39 is 6.04 Å². The lowest BCUT2D eigenvalue weighted by molar-refractivity contribution is -0.131. The quantitative estimate of drug-likeness (QED) is 0.880. The Bertz CT molecular complexity index is 613. The Balaban J connectivity index is 1.88. The van der Waals surface area contributed by atoms with E-state index in [1.807, 2.05) is 34.7 Å². The van der Waals surface area contributed by atoms with Crippen LogP contribution in [-0.4, -0.2) is 33.4 Å². The molecule has 1 aliphatic heterocycles. The molecule has 1 atom stereocenters. The first-order valence-electron chi connectivity index (χ1n) is 6.62. The lowest BCUT2D eigenvalue weighted by Gasteiger charge is -2.20. The summed E-state index contributed by atoms with van der Waals surface area (Å²) < 4.78 is 1.95. The molecule has 0 bridgehead atoms. The van der Waals surface area contributed by atoms with Crippen molar-refractivity contribution in [1.82, 2.24) is 14.5 Å². The summed E-state index contributed by atoms with van der Waals surface area (Å²) in [5.74, 6) is 0.0211. The maximum atomic E-state index is 12.3. The van der Waals surface area contributed by atoms with Gasteiger partial charge in [-0.25, -0.2) is 4.98 Å². The molecule has 5 nitrogen and oxygen atoms in total. The summed E-state index contributed by atoms with van der Waals surface area (Å²) in [7, 11) is 1.95. The fraction of sp³-hybridized carbons (Fsp3) is 0.429. The number of rotatable bonds is 2. The van der Waals surface area contributed by atoms with Crippen LogP contribution < -0.4 is 5.73 Å². The van der Waals surface area contributed by atoms with Gasteiger partial charge in [-0.05, 0) is 30.5 Å². The molecule has 1 aliphatic rings. The van der Waals surface area contributed by atoms with Gasteiger partial charge in [0.05, 0.1) is 17.4 Å². The number of fused-ring (bicyclic) bond motifs is 1. The van der Waals surface area contributed by atoms with E-state index in [9.17, 15) is 4.79 Å². The van der Waals surface area contributed by atoms with E-state index >= 15 is 0 Å². The van der Waals surface area contributed by atoms with E-state index in [2.05, 4.69) is 4.98 Å². The van der Waals surface area contributed by atoms with Crippen LogP contribution in [0.5, 0.6) is 0 Å². The fourth-order valence-electron chi connectivity index (χ4n) is 2.62. The first kappa shape index (κ1) is 12.2. The second-order valence-corrected chi connectivity index (χ2v) is 5.11.